The Morgan fingerprint density at radius 3 is 2.50 bits per heavy atom. The number of aliphatic hydroxyl groups excluding tert-OH is 1. The first-order valence-electron chi connectivity index (χ1n) is 4.55. The second kappa shape index (κ2) is 3.64. The maximum atomic E-state index is 9.32. The van der Waals surface area contributed by atoms with Crippen molar-refractivity contribution in [1.82, 2.24) is 9.97 Å². The number of rotatable bonds is 2. The average Bonchev–Trinajstić information content (AvgIpc) is 2.71. The number of imidazole rings is 1. The van der Waals surface area contributed by atoms with E-state index in [1.54, 1.807) is 19.3 Å². The lowest BCUT2D eigenvalue weighted by Gasteiger charge is -2.04. The Morgan fingerprint density at radius 1 is 1.29 bits per heavy atom. The standard InChI is InChI=1S/C11H12N2O/c1-8(14)9-2-4-10(5-3-9)11-12-6-7-13-11/h2-8,14H,1H3,(H,12,13). The molecule has 0 bridgehead atoms. The van der Waals surface area contributed by atoms with Gasteiger partial charge in [0.15, 0.2) is 0 Å². The molecule has 1 heterocycles. The minimum atomic E-state index is -0.416. The van der Waals surface area contributed by atoms with Crippen LogP contribution >= 0.6 is 0 Å². The summed E-state index contributed by atoms with van der Waals surface area (Å²) >= 11 is 0. The molecule has 0 aliphatic heterocycles. The molecule has 0 amide bonds. The van der Waals surface area contributed by atoms with Gasteiger partial charge in [-0.2, -0.15) is 0 Å². The van der Waals surface area contributed by atoms with Gasteiger partial charge in [0.2, 0.25) is 0 Å². The molecule has 1 unspecified atom stereocenters. The number of hydrogen-bond donors (Lipinski definition) is 2. The van der Waals surface area contributed by atoms with Crippen molar-refractivity contribution in [3.05, 3.63) is 42.2 Å². The van der Waals surface area contributed by atoms with Gasteiger partial charge in [-0.1, -0.05) is 24.3 Å². The lowest BCUT2D eigenvalue weighted by atomic mass is 10.1. The van der Waals surface area contributed by atoms with Gasteiger partial charge in [-0.05, 0) is 12.5 Å². The van der Waals surface area contributed by atoms with Gasteiger partial charge in [-0.25, -0.2) is 4.98 Å². The molecular formula is C11H12N2O. The Bertz CT molecular complexity index is 390. The number of H-pyrrole nitrogens is 1. The van der Waals surface area contributed by atoms with Gasteiger partial charge in [0.05, 0.1) is 6.10 Å². The van der Waals surface area contributed by atoms with E-state index in [4.69, 9.17) is 0 Å². The summed E-state index contributed by atoms with van der Waals surface area (Å²) in [6, 6.07) is 7.70. The van der Waals surface area contributed by atoms with E-state index in [0.717, 1.165) is 17.0 Å². The maximum Gasteiger partial charge on any atom is 0.137 e. The van der Waals surface area contributed by atoms with Crippen molar-refractivity contribution in [3.8, 4) is 11.4 Å². The van der Waals surface area contributed by atoms with Gasteiger partial charge < -0.3 is 10.1 Å². The number of hydrogen-bond acceptors (Lipinski definition) is 2. The second-order valence-corrected chi connectivity index (χ2v) is 3.24. The largest absolute Gasteiger partial charge is 0.389 e. The highest BCUT2D eigenvalue weighted by Crippen LogP contribution is 2.18. The van der Waals surface area contributed by atoms with Crippen LogP contribution in [-0.4, -0.2) is 15.1 Å². The Hall–Kier alpha value is -1.61. The van der Waals surface area contributed by atoms with E-state index in [9.17, 15) is 5.11 Å². The van der Waals surface area contributed by atoms with Crippen LogP contribution < -0.4 is 0 Å². The number of aromatic amines is 1. The van der Waals surface area contributed by atoms with Gasteiger partial charge >= 0.3 is 0 Å². The lowest BCUT2D eigenvalue weighted by molar-refractivity contribution is 0.199. The molecule has 0 aliphatic rings. The summed E-state index contributed by atoms with van der Waals surface area (Å²) in [5.41, 5.74) is 1.94. The van der Waals surface area contributed by atoms with Crippen molar-refractivity contribution in [2.75, 3.05) is 0 Å². The average molecular weight is 188 g/mol. The predicted octanol–water partition coefficient (Wildman–Crippen LogP) is 2.13. The fourth-order valence-electron chi connectivity index (χ4n) is 1.34. The first kappa shape index (κ1) is 8.97. The van der Waals surface area contributed by atoms with Crippen molar-refractivity contribution in [1.29, 1.82) is 0 Å². The molecule has 3 heteroatoms. The van der Waals surface area contributed by atoms with E-state index in [2.05, 4.69) is 9.97 Å². The van der Waals surface area contributed by atoms with Crippen LogP contribution in [0.25, 0.3) is 11.4 Å². The summed E-state index contributed by atoms with van der Waals surface area (Å²) in [6.45, 7) is 1.75. The highest BCUT2D eigenvalue weighted by molar-refractivity contribution is 5.55. The normalized spacial score (nSPS) is 12.7. The maximum absolute atomic E-state index is 9.32. The molecule has 0 saturated heterocycles. The molecule has 3 nitrogen and oxygen atoms in total. The van der Waals surface area contributed by atoms with Gasteiger partial charge in [0, 0.05) is 18.0 Å². The van der Waals surface area contributed by atoms with Crippen LogP contribution in [0.4, 0.5) is 0 Å². The molecule has 1 aromatic carbocycles. The molecule has 0 spiro atoms. The molecule has 0 fully saturated rings. The smallest absolute Gasteiger partial charge is 0.137 e. The van der Waals surface area contributed by atoms with E-state index in [1.807, 2.05) is 24.3 Å². The topological polar surface area (TPSA) is 48.9 Å². The third kappa shape index (κ3) is 1.67. The minimum Gasteiger partial charge on any atom is -0.389 e. The quantitative estimate of drug-likeness (QED) is 0.758. The van der Waals surface area contributed by atoms with Crippen LogP contribution in [0.15, 0.2) is 36.7 Å². The van der Waals surface area contributed by atoms with Gasteiger partial charge in [0.1, 0.15) is 5.82 Å². The number of aromatic nitrogens is 2. The molecule has 0 aliphatic carbocycles. The second-order valence-electron chi connectivity index (χ2n) is 3.24. The Labute approximate surface area is 82.4 Å². The van der Waals surface area contributed by atoms with Gasteiger partial charge in [-0.15, -0.1) is 0 Å². The molecule has 1 atom stereocenters. The van der Waals surface area contributed by atoms with Crippen molar-refractivity contribution < 1.29 is 5.11 Å². The molecule has 72 valence electrons. The number of benzene rings is 1. The number of nitrogens with zero attached hydrogens (tertiary/aromatic N) is 1. The highest BCUT2D eigenvalue weighted by Gasteiger charge is 2.02. The fraction of sp³-hybridized carbons (Fsp3) is 0.182. The van der Waals surface area contributed by atoms with Crippen LogP contribution in [-0.2, 0) is 0 Å². The summed E-state index contributed by atoms with van der Waals surface area (Å²) in [5, 5.41) is 9.32. The SMILES string of the molecule is CC(O)c1ccc(-c2ncc[nH]2)cc1. The molecular weight excluding hydrogens is 176 g/mol. The summed E-state index contributed by atoms with van der Waals surface area (Å²) in [4.78, 5) is 7.17. The van der Waals surface area contributed by atoms with Crippen molar-refractivity contribution in [2.45, 2.75) is 13.0 Å². The summed E-state index contributed by atoms with van der Waals surface area (Å²) in [6.07, 6.45) is 3.09. The van der Waals surface area contributed by atoms with Crippen molar-refractivity contribution in [3.63, 3.8) is 0 Å². The van der Waals surface area contributed by atoms with Crippen LogP contribution in [0, 0.1) is 0 Å². The monoisotopic (exact) mass is 188 g/mol. The number of aliphatic hydroxyl groups is 1. The molecule has 14 heavy (non-hydrogen) atoms. The first-order chi connectivity index (χ1) is 6.77. The van der Waals surface area contributed by atoms with Crippen LogP contribution in [0.2, 0.25) is 0 Å². The van der Waals surface area contributed by atoms with E-state index in [-0.39, 0.29) is 0 Å². The molecule has 0 radical (unpaired) electrons. The van der Waals surface area contributed by atoms with Crippen LogP contribution in [0.5, 0.6) is 0 Å². The molecule has 2 rings (SSSR count). The Morgan fingerprint density at radius 2 is 2.00 bits per heavy atom. The highest BCUT2D eigenvalue weighted by atomic mass is 16.3. The zero-order chi connectivity index (χ0) is 9.97. The lowest BCUT2D eigenvalue weighted by Crippen LogP contribution is -1.90. The summed E-state index contributed by atoms with van der Waals surface area (Å²) < 4.78 is 0. The third-order valence-electron chi connectivity index (χ3n) is 2.16. The Balaban J connectivity index is 2.31. The zero-order valence-electron chi connectivity index (χ0n) is 7.94. The van der Waals surface area contributed by atoms with Crippen molar-refractivity contribution in [2.24, 2.45) is 0 Å². The Kier molecular flexibility index (Phi) is 2.33. The first-order valence-corrected chi connectivity index (χ1v) is 4.55. The molecule has 2 aromatic rings. The summed E-state index contributed by atoms with van der Waals surface area (Å²) in [5.74, 6) is 0.849. The summed E-state index contributed by atoms with van der Waals surface area (Å²) in [7, 11) is 0. The minimum absolute atomic E-state index is 0.416. The van der Waals surface area contributed by atoms with E-state index in [1.165, 1.54) is 0 Å². The molecule has 2 N–H and O–H groups in total. The third-order valence-corrected chi connectivity index (χ3v) is 2.16. The van der Waals surface area contributed by atoms with E-state index in [0.29, 0.717) is 0 Å². The fourth-order valence-corrected chi connectivity index (χ4v) is 1.34. The van der Waals surface area contributed by atoms with Crippen molar-refractivity contribution >= 4 is 0 Å². The van der Waals surface area contributed by atoms with Gasteiger partial charge in [-0.3, -0.25) is 0 Å². The van der Waals surface area contributed by atoms with E-state index >= 15 is 0 Å². The predicted molar refractivity (Wildman–Crippen MR) is 54.7 cm³/mol. The van der Waals surface area contributed by atoms with Gasteiger partial charge in [0.25, 0.3) is 0 Å². The van der Waals surface area contributed by atoms with E-state index < -0.39 is 6.10 Å². The molecule has 1 aromatic heterocycles. The zero-order valence-corrected chi connectivity index (χ0v) is 7.94. The number of nitrogens with one attached hydrogen (secondary N) is 1. The van der Waals surface area contributed by atoms with Crippen LogP contribution in [0.1, 0.15) is 18.6 Å². The van der Waals surface area contributed by atoms with Crippen LogP contribution in [0.3, 0.4) is 0 Å². The molecule has 0 saturated carbocycles.